The lowest BCUT2D eigenvalue weighted by molar-refractivity contribution is 0.0964. The van der Waals surface area contributed by atoms with Crippen LogP contribution in [0.2, 0.25) is 5.02 Å². The average Bonchev–Trinajstić information content (AvgIpc) is 2.41. The van der Waals surface area contributed by atoms with Gasteiger partial charge in [0.05, 0.1) is 16.6 Å². The molecule has 0 amide bonds. The third-order valence-electron chi connectivity index (χ3n) is 2.74. The number of pyridine rings is 1. The van der Waals surface area contributed by atoms with Gasteiger partial charge in [-0.15, -0.1) is 0 Å². The zero-order chi connectivity index (χ0) is 13.1. The molecular weight excluding hydrogens is 253 g/mol. The van der Waals surface area contributed by atoms with Crippen LogP contribution in [0, 0.1) is 5.82 Å². The van der Waals surface area contributed by atoms with E-state index in [0.29, 0.717) is 5.69 Å². The lowest BCUT2D eigenvalue weighted by Crippen LogP contribution is -2.12. The fourth-order valence-electron chi connectivity index (χ4n) is 1.69. The van der Waals surface area contributed by atoms with Crippen LogP contribution in [0.4, 0.5) is 4.39 Å². The summed E-state index contributed by atoms with van der Waals surface area (Å²) in [5.41, 5.74) is 0.831. The first-order chi connectivity index (χ1) is 8.61. The summed E-state index contributed by atoms with van der Waals surface area (Å²) in [4.78, 5) is 16.3. The van der Waals surface area contributed by atoms with Gasteiger partial charge < -0.3 is 0 Å². The number of benzene rings is 1. The highest BCUT2D eigenvalue weighted by atomic mass is 35.5. The van der Waals surface area contributed by atoms with Crippen LogP contribution in [0.3, 0.4) is 0 Å². The molecule has 1 atom stereocenters. The van der Waals surface area contributed by atoms with E-state index in [9.17, 15) is 9.18 Å². The molecule has 0 aliphatic carbocycles. The average molecular weight is 264 g/mol. The Hall–Kier alpha value is -1.74. The predicted octanol–water partition coefficient (Wildman–Crippen LogP) is 3.86. The highest BCUT2D eigenvalue weighted by molar-refractivity contribution is 6.34. The molecule has 0 saturated heterocycles. The van der Waals surface area contributed by atoms with Crippen LogP contribution in [-0.2, 0) is 0 Å². The Morgan fingerprint density at radius 3 is 2.72 bits per heavy atom. The van der Waals surface area contributed by atoms with Gasteiger partial charge in [-0.2, -0.15) is 0 Å². The van der Waals surface area contributed by atoms with E-state index in [1.807, 2.05) is 0 Å². The van der Waals surface area contributed by atoms with Gasteiger partial charge in [-0.25, -0.2) is 4.39 Å². The van der Waals surface area contributed by atoms with E-state index in [4.69, 9.17) is 11.6 Å². The molecule has 0 spiro atoms. The van der Waals surface area contributed by atoms with Crippen molar-refractivity contribution < 1.29 is 9.18 Å². The Balaban J connectivity index is 2.35. The van der Waals surface area contributed by atoms with Crippen molar-refractivity contribution in [2.75, 3.05) is 0 Å². The van der Waals surface area contributed by atoms with Crippen molar-refractivity contribution in [1.82, 2.24) is 4.98 Å². The van der Waals surface area contributed by atoms with Crippen molar-refractivity contribution in [3.05, 3.63) is 64.7 Å². The smallest absolute Gasteiger partial charge is 0.173 e. The SMILES string of the molecule is CC(C(=O)c1cccc(F)c1Cl)c1ccccn1. The topological polar surface area (TPSA) is 30.0 Å². The number of carbonyl (C=O) groups excluding carboxylic acids is 1. The predicted molar refractivity (Wildman–Crippen MR) is 68.4 cm³/mol. The van der Waals surface area contributed by atoms with Crippen LogP contribution >= 0.6 is 11.6 Å². The maximum atomic E-state index is 13.3. The second-order valence-corrected chi connectivity index (χ2v) is 4.32. The second kappa shape index (κ2) is 5.27. The second-order valence-electron chi connectivity index (χ2n) is 3.94. The molecule has 0 bridgehead atoms. The maximum Gasteiger partial charge on any atom is 0.173 e. The summed E-state index contributed by atoms with van der Waals surface area (Å²) in [5, 5.41) is -0.134. The molecule has 4 heteroatoms. The summed E-state index contributed by atoms with van der Waals surface area (Å²) in [6.07, 6.45) is 1.62. The minimum atomic E-state index is -0.587. The normalized spacial score (nSPS) is 12.2. The monoisotopic (exact) mass is 263 g/mol. The first-order valence-electron chi connectivity index (χ1n) is 5.50. The van der Waals surface area contributed by atoms with Crippen LogP contribution in [0.5, 0.6) is 0 Å². The van der Waals surface area contributed by atoms with Crippen LogP contribution < -0.4 is 0 Å². The number of nitrogens with zero attached hydrogens (tertiary/aromatic N) is 1. The first kappa shape index (κ1) is 12.7. The number of rotatable bonds is 3. The molecule has 1 heterocycles. The van der Waals surface area contributed by atoms with Gasteiger partial charge in [0.25, 0.3) is 0 Å². The maximum absolute atomic E-state index is 13.3. The van der Waals surface area contributed by atoms with Crippen LogP contribution in [0.25, 0.3) is 0 Å². The van der Waals surface area contributed by atoms with Crippen LogP contribution in [0.1, 0.15) is 28.9 Å². The number of ketones is 1. The molecule has 0 aliphatic rings. The Labute approximate surface area is 109 Å². The van der Waals surface area contributed by atoms with Crippen molar-refractivity contribution >= 4 is 17.4 Å². The highest BCUT2D eigenvalue weighted by Crippen LogP contribution is 2.25. The summed E-state index contributed by atoms with van der Waals surface area (Å²) in [6, 6.07) is 9.56. The molecule has 1 aromatic heterocycles. The van der Waals surface area contributed by atoms with Crippen molar-refractivity contribution in [2.24, 2.45) is 0 Å². The number of carbonyl (C=O) groups is 1. The molecule has 2 rings (SSSR count). The lowest BCUT2D eigenvalue weighted by Gasteiger charge is -2.11. The Morgan fingerprint density at radius 2 is 2.06 bits per heavy atom. The fourth-order valence-corrected chi connectivity index (χ4v) is 1.91. The fraction of sp³-hybridized carbons (Fsp3) is 0.143. The van der Waals surface area contributed by atoms with E-state index in [2.05, 4.69) is 4.98 Å². The number of halogens is 2. The van der Waals surface area contributed by atoms with E-state index in [0.717, 1.165) is 0 Å². The molecule has 1 unspecified atom stereocenters. The molecule has 1 aromatic carbocycles. The van der Waals surface area contributed by atoms with Gasteiger partial charge >= 0.3 is 0 Å². The van der Waals surface area contributed by atoms with Gasteiger partial charge in [0, 0.05) is 11.8 Å². The quantitative estimate of drug-likeness (QED) is 0.787. The van der Waals surface area contributed by atoms with Gasteiger partial charge in [0.15, 0.2) is 5.78 Å². The summed E-state index contributed by atoms with van der Waals surface area (Å²) >= 11 is 5.80. The first-order valence-corrected chi connectivity index (χ1v) is 5.88. The molecule has 0 radical (unpaired) electrons. The van der Waals surface area contributed by atoms with Crippen molar-refractivity contribution in [3.63, 3.8) is 0 Å². The number of hydrogen-bond donors (Lipinski definition) is 0. The van der Waals surface area contributed by atoms with Gasteiger partial charge in [-0.3, -0.25) is 9.78 Å². The van der Waals surface area contributed by atoms with Crippen molar-refractivity contribution in [1.29, 1.82) is 0 Å². The molecule has 0 fully saturated rings. The number of Topliss-reactive ketones (excluding diaryl/α,β-unsaturated/α-hetero) is 1. The number of aromatic nitrogens is 1. The van der Waals surface area contributed by atoms with Gasteiger partial charge in [0.2, 0.25) is 0 Å². The molecule has 0 N–H and O–H groups in total. The van der Waals surface area contributed by atoms with E-state index < -0.39 is 11.7 Å². The van der Waals surface area contributed by atoms with Crippen LogP contribution in [-0.4, -0.2) is 10.8 Å². The van der Waals surface area contributed by atoms with Crippen LogP contribution in [0.15, 0.2) is 42.6 Å². The molecule has 0 aliphatic heterocycles. The van der Waals surface area contributed by atoms with Gasteiger partial charge in [0.1, 0.15) is 5.82 Å². The standard InChI is InChI=1S/C14H11ClFNO/c1-9(12-7-2-3-8-17-12)14(18)10-5-4-6-11(16)13(10)15/h2-9H,1H3. The summed E-state index contributed by atoms with van der Waals surface area (Å²) in [7, 11) is 0. The Morgan fingerprint density at radius 1 is 1.28 bits per heavy atom. The Bertz CT molecular complexity index is 571. The molecule has 2 nitrogen and oxygen atoms in total. The van der Waals surface area contributed by atoms with Gasteiger partial charge in [-0.1, -0.05) is 23.7 Å². The van der Waals surface area contributed by atoms with Crippen molar-refractivity contribution in [2.45, 2.75) is 12.8 Å². The minimum absolute atomic E-state index is 0.134. The van der Waals surface area contributed by atoms with E-state index in [-0.39, 0.29) is 16.4 Å². The van der Waals surface area contributed by atoms with Crippen molar-refractivity contribution in [3.8, 4) is 0 Å². The summed E-state index contributed by atoms with van der Waals surface area (Å²) in [6.45, 7) is 1.73. The minimum Gasteiger partial charge on any atom is -0.293 e. The zero-order valence-electron chi connectivity index (χ0n) is 9.73. The third kappa shape index (κ3) is 2.41. The largest absolute Gasteiger partial charge is 0.293 e. The molecule has 18 heavy (non-hydrogen) atoms. The molecule has 92 valence electrons. The summed E-state index contributed by atoms with van der Waals surface area (Å²) in [5.74, 6) is -1.28. The van der Waals surface area contributed by atoms with E-state index in [1.165, 1.54) is 18.2 Å². The molecular formula is C14H11ClFNO. The third-order valence-corrected chi connectivity index (χ3v) is 3.13. The van der Waals surface area contributed by atoms with E-state index in [1.54, 1.807) is 31.3 Å². The van der Waals surface area contributed by atoms with E-state index >= 15 is 0 Å². The summed E-state index contributed by atoms with van der Waals surface area (Å²) < 4.78 is 13.3. The zero-order valence-corrected chi connectivity index (χ0v) is 10.5. The molecule has 2 aromatic rings. The number of hydrogen-bond acceptors (Lipinski definition) is 2. The highest BCUT2D eigenvalue weighted by Gasteiger charge is 2.21. The van der Waals surface area contributed by atoms with Gasteiger partial charge in [-0.05, 0) is 31.2 Å². The Kier molecular flexibility index (Phi) is 3.72. The lowest BCUT2D eigenvalue weighted by atomic mass is 9.96. The molecule has 0 saturated carbocycles.